The molecule has 0 spiro atoms. The second-order valence-corrected chi connectivity index (χ2v) is 8.58. The molecule has 0 fully saturated rings. The molecular weight excluding hydrogens is 592 g/mol. The van der Waals surface area contributed by atoms with E-state index in [-0.39, 0.29) is 47.7 Å². The van der Waals surface area contributed by atoms with E-state index in [4.69, 9.17) is 0 Å². The van der Waals surface area contributed by atoms with Crippen molar-refractivity contribution in [3.63, 3.8) is 0 Å². The zero-order valence-corrected chi connectivity index (χ0v) is 18.8. The average Bonchev–Trinajstić information content (AvgIpc) is 3.17. The Morgan fingerprint density at radius 1 is 0.487 bits per heavy atom. The lowest BCUT2D eigenvalue weighted by molar-refractivity contribution is -0.420. The molecule has 0 atom stereocenters. The van der Waals surface area contributed by atoms with Gasteiger partial charge in [0.05, 0.1) is 32.1 Å². The van der Waals surface area contributed by atoms with E-state index in [9.17, 15) is 72.9 Å². The van der Waals surface area contributed by atoms with Crippen LogP contribution in [0.15, 0.2) is 36.4 Å². The molecule has 1 aromatic heterocycles. The molecule has 0 saturated heterocycles. The van der Waals surface area contributed by atoms with Gasteiger partial charge in [-0.2, -0.15) is 52.7 Å². The Labute approximate surface area is 210 Å². The lowest BCUT2D eigenvalue weighted by Gasteiger charge is -2.13. The molecule has 39 heavy (non-hydrogen) atoms. The second kappa shape index (κ2) is 9.38. The van der Waals surface area contributed by atoms with Gasteiger partial charge in [0.15, 0.2) is 0 Å². The number of thiophene rings is 1. The fourth-order valence-corrected chi connectivity index (χ4v) is 4.53. The third-order valence-electron chi connectivity index (χ3n) is 4.92. The third kappa shape index (κ3) is 6.07. The van der Waals surface area contributed by atoms with E-state index >= 15 is 0 Å². The van der Waals surface area contributed by atoms with Crippen LogP contribution in [0.1, 0.15) is 22.3 Å². The van der Waals surface area contributed by atoms with Gasteiger partial charge in [0, 0.05) is 11.1 Å². The predicted octanol–water partition coefficient (Wildman–Crippen LogP) is 8.97. The fourth-order valence-electron chi connectivity index (χ4n) is 3.32. The Morgan fingerprint density at radius 2 is 0.718 bits per heavy atom. The van der Waals surface area contributed by atoms with Crippen LogP contribution in [0.5, 0.6) is 0 Å². The summed E-state index contributed by atoms with van der Waals surface area (Å²) < 4.78 is 159. The number of hydrogen-bond donors (Lipinski definition) is 0. The van der Waals surface area contributed by atoms with Crippen LogP contribution in [-0.4, -0.2) is 9.85 Å². The van der Waals surface area contributed by atoms with Crippen LogP contribution in [0.2, 0.25) is 0 Å². The summed E-state index contributed by atoms with van der Waals surface area (Å²) in [6.07, 6.45) is -21.8. The molecule has 0 N–H and O–H groups in total. The predicted molar refractivity (Wildman–Crippen MR) is 109 cm³/mol. The molecule has 2 aromatic carbocycles. The summed E-state index contributed by atoms with van der Waals surface area (Å²) in [6.45, 7) is 0. The molecule has 0 radical (unpaired) electrons. The van der Waals surface area contributed by atoms with E-state index in [1.54, 1.807) is 0 Å². The van der Waals surface area contributed by atoms with Crippen LogP contribution in [0.3, 0.4) is 0 Å². The number of hydrogen-bond acceptors (Lipinski definition) is 5. The number of halogens is 12. The van der Waals surface area contributed by atoms with Gasteiger partial charge in [0.2, 0.25) is 0 Å². The topological polar surface area (TPSA) is 86.3 Å². The third-order valence-corrected chi connectivity index (χ3v) is 6.19. The van der Waals surface area contributed by atoms with Crippen molar-refractivity contribution >= 4 is 22.7 Å². The lowest BCUT2D eigenvalue weighted by atomic mass is 10.0. The Hall–Kier alpha value is -3.90. The van der Waals surface area contributed by atoms with Gasteiger partial charge in [-0.15, -0.1) is 11.3 Å². The molecule has 210 valence electrons. The van der Waals surface area contributed by atoms with E-state index in [0.717, 1.165) is 0 Å². The highest BCUT2D eigenvalue weighted by atomic mass is 32.1. The minimum absolute atomic E-state index is 0.0329. The first kappa shape index (κ1) is 29.7. The molecular formula is C20H6F12N2O4S. The van der Waals surface area contributed by atoms with E-state index in [0.29, 0.717) is 0 Å². The van der Waals surface area contributed by atoms with E-state index in [1.807, 2.05) is 0 Å². The Bertz CT molecular complexity index is 1300. The highest BCUT2D eigenvalue weighted by molar-refractivity contribution is 7.20. The molecule has 0 aliphatic rings. The van der Waals surface area contributed by atoms with Crippen LogP contribution in [-0.2, 0) is 24.7 Å². The number of nitrogens with zero attached hydrogens (tertiary/aromatic N) is 2. The maximum absolute atomic E-state index is 13.3. The Kier molecular flexibility index (Phi) is 7.13. The summed E-state index contributed by atoms with van der Waals surface area (Å²) in [5.74, 6) is 0. The first-order chi connectivity index (χ1) is 17.5. The number of nitro groups is 2. The van der Waals surface area contributed by atoms with Gasteiger partial charge in [-0.1, -0.05) is 0 Å². The van der Waals surface area contributed by atoms with Crippen molar-refractivity contribution in [3.8, 4) is 20.9 Å². The van der Waals surface area contributed by atoms with Gasteiger partial charge in [-0.05, 0) is 36.4 Å². The summed E-state index contributed by atoms with van der Waals surface area (Å²) in [7, 11) is 0. The molecule has 0 aliphatic carbocycles. The molecule has 0 saturated carbocycles. The largest absolute Gasteiger partial charge is 0.416 e. The fraction of sp³-hybridized carbons (Fsp3) is 0.200. The molecule has 6 nitrogen and oxygen atoms in total. The molecule has 1 heterocycles. The average molecular weight is 598 g/mol. The quantitative estimate of drug-likeness (QED) is 0.170. The molecule has 0 unspecified atom stereocenters. The van der Waals surface area contributed by atoms with Crippen molar-refractivity contribution in [2.75, 3.05) is 0 Å². The van der Waals surface area contributed by atoms with Crippen LogP contribution in [0, 0.1) is 20.2 Å². The van der Waals surface area contributed by atoms with Crippen molar-refractivity contribution in [2.45, 2.75) is 24.7 Å². The number of benzene rings is 2. The molecule has 3 rings (SSSR count). The monoisotopic (exact) mass is 598 g/mol. The number of rotatable bonds is 4. The Balaban J connectivity index is 2.49. The SMILES string of the molecule is O=[N+]([O-])c1c(-c2cc(C(F)(F)F)cc(C(F)(F)F)c2)sc(-c2cc(C(F)(F)F)cc(C(F)(F)F)c2)c1[N+](=O)[O-]. The summed E-state index contributed by atoms with van der Waals surface area (Å²) in [4.78, 5) is 17.7. The van der Waals surface area contributed by atoms with E-state index in [2.05, 4.69) is 0 Å². The molecule has 0 aliphatic heterocycles. The van der Waals surface area contributed by atoms with Crippen molar-refractivity contribution in [2.24, 2.45) is 0 Å². The van der Waals surface area contributed by atoms with Gasteiger partial charge >= 0.3 is 36.1 Å². The minimum Gasteiger partial charge on any atom is -0.258 e. The zero-order valence-electron chi connectivity index (χ0n) is 17.9. The van der Waals surface area contributed by atoms with Crippen LogP contribution >= 0.6 is 11.3 Å². The summed E-state index contributed by atoms with van der Waals surface area (Å²) in [5.41, 5.74) is -13.9. The van der Waals surface area contributed by atoms with E-state index < -0.39 is 89.1 Å². The molecule has 0 amide bonds. The Morgan fingerprint density at radius 3 is 0.897 bits per heavy atom. The zero-order chi connectivity index (χ0) is 29.9. The normalized spacial score (nSPS) is 13.0. The van der Waals surface area contributed by atoms with Gasteiger partial charge in [-0.25, -0.2) is 0 Å². The maximum Gasteiger partial charge on any atom is 0.416 e. The summed E-state index contributed by atoms with van der Waals surface area (Å²) in [5, 5.41) is 23.4. The van der Waals surface area contributed by atoms with Crippen molar-refractivity contribution in [1.82, 2.24) is 0 Å². The van der Waals surface area contributed by atoms with Gasteiger partial charge in [0.1, 0.15) is 9.75 Å². The first-order valence-electron chi connectivity index (χ1n) is 9.57. The standard InChI is InChI=1S/C20H6F12N2O4S/c21-17(22,23)9-1-7(2-10(5-9)18(24,25)26)15-13(33(35)36)14(34(37)38)16(39-15)8-3-11(19(27,28)29)6-12(4-8)20(30,31)32/h1-6H. The lowest BCUT2D eigenvalue weighted by Crippen LogP contribution is -2.11. The van der Waals surface area contributed by atoms with Gasteiger partial charge in [-0.3, -0.25) is 20.2 Å². The maximum atomic E-state index is 13.3. The van der Waals surface area contributed by atoms with Crippen molar-refractivity contribution in [1.29, 1.82) is 0 Å². The smallest absolute Gasteiger partial charge is 0.258 e. The van der Waals surface area contributed by atoms with E-state index in [1.165, 1.54) is 0 Å². The van der Waals surface area contributed by atoms with Gasteiger partial charge < -0.3 is 0 Å². The van der Waals surface area contributed by atoms with Crippen molar-refractivity contribution in [3.05, 3.63) is 78.9 Å². The number of alkyl halides is 12. The van der Waals surface area contributed by atoms with Crippen LogP contribution < -0.4 is 0 Å². The molecule has 19 heteroatoms. The van der Waals surface area contributed by atoms with Crippen LogP contribution in [0.25, 0.3) is 20.9 Å². The summed E-state index contributed by atoms with van der Waals surface area (Å²) >= 11 is -0.326. The summed E-state index contributed by atoms with van der Waals surface area (Å²) in [6, 6.07) is -0.852. The molecule has 3 aromatic rings. The van der Waals surface area contributed by atoms with Crippen LogP contribution in [0.4, 0.5) is 64.1 Å². The molecule has 0 bridgehead atoms. The first-order valence-corrected chi connectivity index (χ1v) is 10.4. The minimum atomic E-state index is -5.46. The second-order valence-electron chi connectivity index (χ2n) is 7.56. The highest BCUT2D eigenvalue weighted by Gasteiger charge is 2.43. The van der Waals surface area contributed by atoms with Crippen molar-refractivity contribution < 1.29 is 62.5 Å². The van der Waals surface area contributed by atoms with Gasteiger partial charge in [0.25, 0.3) is 0 Å². The highest BCUT2D eigenvalue weighted by Crippen LogP contribution is 2.53.